The van der Waals surface area contributed by atoms with Crippen LogP contribution in [0, 0.1) is 5.92 Å². The van der Waals surface area contributed by atoms with Crippen molar-refractivity contribution < 1.29 is 14.7 Å². The smallest absolute Gasteiger partial charge is 0.329 e. The van der Waals surface area contributed by atoms with E-state index in [-0.39, 0.29) is 11.8 Å². The van der Waals surface area contributed by atoms with Crippen molar-refractivity contribution in [2.24, 2.45) is 5.92 Å². The van der Waals surface area contributed by atoms with Crippen molar-refractivity contribution in [1.29, 1.82) is 0 Å². The van der Waals surface area contributed by atoms with Gasteiger partial charge in [-0.15, -0.1) is 0 Å². The van der Waals surface area contributed by atoms with Gasteiger partial charge in [0, 0.05) is 13.1 Å². The van der Waals surface area contributed by atoms with Gasteiger partial charge in [0.05, 0.1) is 5.92 Å². The first-order valence-electron chi connectivity index (χ1n) is 6.81. The van der Waals surface area contributed by atoms with Gasteiger partial charge in [0.15, 0.2) is 0 Å². The second-order valence-corrected chi connectivity index (χ2v) is 5.57. The van der Waals surface area contributed by atoms with Crippen LogP contribution in [0.15, 0.2) is 0 Å². The monoisotopic (exact) mass is 254 g/mol. The Bertz CT molecular complexity index is 339. The third-order valence-corrected chi connectivity index (χ3v) is 4.26. The predicted octanol–water partition coefficient (Wildman–Crippen LogP) is 0.842. The molecule has 2 unspecified atom stereocenters. The van der Waals surface area contributed by atoms with E-state index in [0.29, 0.717) is 19.5 Å². The maximum atomic E-state index is 12.5. The minimum Gasteiger partial charge on any atom is -0.480 e. The predicted molar refractivity (Wildman–Crippen MR) is 67.2 cm³/mol. The Balaban J connectivity index is 2.13. The molecule has 2 atom stereocenters. The molecular weight excluding hydrogens is 232 g/mol. The lowest BCUT2D eigenvalue weighted by atomic mass is 9.86. The third kappa shape index (κ3) is 2.36. The SMILES string of the molecule is CC1(C(=O)O)CCCCN1C(=O)C1CCCNC1. The summed E-state index contributed by atoms with van der Waals surface area (Å²) in [6.45, 7) is 3.91. The van der Waals surface area contributed by atoms with E-state index in [1.165, 1.54) is 0 Å². The highest BCUT2D eigenvalue weighted by molar-refractivity contribution is 5.88. The summed E-state index contributed by atoms with van der Waals surface area (Å²) in [6, 6.07) is 0. The average molecular weight is 254 g/mol. The number of likely N-dealkylation sites (tertiary alicyclic amines) is 1. The summed E-state index contributed by atoms with van der Waals surface area (Å²) in [5, 5.41) is 12.6. The van der Waals surface area contributed by atoms with Crippen LogP contribution in [-0.4, -0.2) is 47.1 Å². The largest absolute Gasteiger partial charge is 0.480 e. The summed E-state index contributed by atoms with van der Waals surface area (Å²) < 4.78 is 0. The summed E-state index contributed by atoms with van der Waals surface area (Å²) in [7, 11) is 0. The lowest BCUT2D eigenvalue weighted by Crippen LogP contribution is -2.59. The highest BCUT2D eigenvalue weighted by Crippen LogP contribution is 2.30. The zero-order chi connectivity index (χ0) is 13.2. The number of carbonyl (C=O) groups is 2. The van der Waals surface area contributed by atoms with E-state index in [2.05, 4.69) is 5.32 Å². The van der Waals surface area contributed by atoms with Crippen LogP contribution in [0.5, 0.6) is 0 Å². The first-order chi connectivity index (χ1) is 8.55. The van der Waals surface area contributed by atoms with Crippen LogP contribution < -0.4 is 5.32 Å². The number of hydrogen-bond acceptors (Lipinski definition) is 3. The van der Waals surface area contributed by atoms with E-state index < -0.39 is 11.5 Å². The molecule has 0 bridgehead atoms. The van der Waals surface area contributed by atoms with Crippen LogP contribution >= 0.6 is 0 Å². The zero-order valence-corrected chi connectivity index (χ0v) is 10.9. The second kappa shape index (κ2) is 5.26. The Morgan fingerprint density at radius 2 is 2.11 bits per heavy atom. The summed E-state index contributed by atoms with van der Waals surface area (Å²) in [6.07, 6.45) is 4.23. The minimum atomic E-state index is -1.01. The molecule has 2 rings (SSSR count). The molecule has 2 aliphatic rings. The summed E-state index contributed by atoms with van der Waals surface area (Å²) >= 11 is 0. The third-order valence-electron chi connectivity index (χ3n) is 4.26. The summed E-state index contributed by atoms with van der Waals surface area (Å²) in [4.78, 5) is 25.6. The van der Waals surface area contributed by atoms with Gasteiger partial charge in [-0.2, -0.15) is 0 Å². The Morgan fingerprint density at radius 3 is 2.72 bits per heavy atom. The highest BCUT2D eigenvalue weighted by Gasteiger charge is 2.45. The molecule has 0 saturated carbocycles. The molecule has 0 aromatic heterocycles. The molecule has 5 heteroatoms. The van der Waals surface area contributed by atoms with E-state index >= 15 is 0 Å². The molecule has 102 valence electrons. The minimum absolute atomic E-state index is 0.0202. The molecule has 1 amide bonds. The van der Waals surface area contributed by atoms with E-state index in [9.17, 15) is 14.7 Å². The fourth-order valence-corrected chi connectivity index (χ4v) is 2.98. The molecule has 2 fully saturated rings. The lowest BCUT2D eigenvalue weighted by Gasteiger charge is -2.43. The number of nitrogens with zero attached hydrogens (tertiary/aromatic N) is 1. The van der Waals surface area contributed by atoms with Gasteiger partial charge < -0.3 is 15.3 Å². The van der Waals surface area contributed by atoms with Crippen LogP contribution in [0.25, 0.3) is 0 Å². The number of carboxylic acids is 1. The Morgan fingerprint density at radius 1 is 1.33 bits per heavy atom. The molecule has 5 nitrogen and oxygen atoms in total. The summed E-state index contributed by atoms with van der Waals surface area (Å²) in [5.41, 5.74) is -1.01. The van der Waals surface area contributed by atoms with Gasteiger partial charge in [-0.25, -0.2) is 4.79 Å². The van der Waals surface area contributed by atoms with Gasteiger partial charge in [-0.3, -0.25) is 4.79 Å². The first kappa shape index (κ1) is 13.3. The van der Waals surface area contributed by atoms with Crippen molar-refractivity contribution in [3.63, 3.8) is 0 Å². The van der Waals surface area contributed by atoms with Crippen LogP contribution in [0.2, 0.25) is 0 Å². The van der Waals surface area contributed by atoms with Gasteiger partial charge in [-0.1, -0.05) is 0 Å². The van der Waals surface area contributed by atoms with Crippen molar-refractivity contribution in [3.05, 3.63) is 0 Å². The maximum absolute atomic E-state index is 12.5. The maximum Gasteiger partial charge on any atom is 0.329 e. The second-order valence-electron chi connectivity index (χ2n) is 5.57. The fourth-order valence-electron chi connectivity index (χ4n) is 2.98. The molecule has 2 aliphatic heterocycles. The average Bonchev–Trinajstić information content (AvgIpc) is 2.39. The van der Waals surface area contributed by atoms with Crippen LogP contribution in [0.3, 0.4) is 0 Å². The lowest BCUT2D eigenvalue weighted by molar-refractivity contribution is -0.163. The number of rotatable bonds is 2. The topological polar surface area (TPSA) is 69.6 Å². The van der Waals surface area contributed by atoms with Crippen molar-refractivity contribution >= 4 is 11.9 Å². The molecule has 0 aliphatic carbocycles. The highest BCUT2D eigenvalue weighted by atomic mass is 16.4. The van der Waals surface area contributed by atoms with Crippen molar-refractivity contribution in [2.45, 2.75) is 44.6 Å². The number of nitrogens with one attached hydrogen (secondary N) is 1. The van der Waals surface area contributed by atoms with Crippen LogP contribution in [0.4, 0.5) is 0 Å². The fraction of sp³-hybridized carbons (Fsp3) is 0.846. The summed E-state index contributed by atoms with van der Waals surface area (Å²) in [5.74, 6) is -0.901. The zero-order valence-electron chi connectivity index (χ0n) is 10.9. The number of carbonyl (C=O) groups excluding carboxylic acids is 1. The molecule has 0 radical (unpaired) electrons. The normalized spacial score (nSPS) is 33.2. The molecule has 2 heterocycles. The van der Waals surface area contributed by atoms with Crippen LogP contribution in [0.1, 0.15) is 39.0 Å². The van der Waals surface area contributed by atoms with Gasteiger partial charge in [-0.05, 0) is 45.6 Å². The van der Waals surface area contributed by atoms with Crippen molar-refractivity contribution in [2.75, 3.05) is 19.6 Å². The van der Waals surface area contributed by atoms with E-state index in [4.69, 9.17) is 0 Å². The Kier molecular flexibility index (Phi) is 3.90. The van der Waals surface area contributed by atoms with E-state index in [1.807, 2.05) is 0 Å². The van der Waals surface area contributed by atoms with Crippen molar-refractivity contribution in [3.8, 4) is 0 Å². The molecule has 2 N–H and O–H groups in total. The number of piperidine rings is 2. The van der Waals surface area contributed by atoms with Crippen LogP contribution in [-0.2, 0) is 9.59 Å². The number of hydrogen-bond donors (Lipinski definition) is 2. The Labute approximate surface area is 108 Å². The number of amides is 1. The molecule has 0 aromatic carbocycles. The van der Waals surface area contributed by atoms with E-state index in [0.717, 1.165) is 32.2 Å². The van der Waals surface area contributed by atoms with Crippen molar-refractivity contribution in [1.82, 2.24) is 10.2 Å². The van der Waals surface area contributed by atoms with Gasteiger partial charge in [0.1, 0.15) is 5.54 Å². The first-order valence-corrected chi connectivity index (χ1v) is 6.81. The number of aliphatic carboxylic acids is 1. The molecule has 0 aromatic rings. The van der Waals surface area contributed by atoms with E-state index in [1.54, 1.807) is 11.8 Å². The molecular formula is C13H22N2O3. The van der Waals surface area contributed by atoms with Gasteiger partial charge in [0.2, 0.25) is 5.91 Å². The quantitative estimate of drug-likeness (QED) is 0.766. The van der Waals surface area contributed by atoms with Gasteiger partial charge >= 0.3 is 5.97 Å². The number of carboxylic acid groups (broad SMARTS) is 1. The standard InChI is InChI=1S/C13H22N2O3/c1-13(12(17)18)6-2-3-8-15(13)11(16)10-5-4-7-14-9-10/h10,14H,2-9H2,1H3,(H,17,18). The van der Waals surface area contributed by atoms with Gasteiger partial charge in [0.25, 0.3) is 0 Å². The molecule has 0 spiro atoms. The molecule has 18 heavy (non-hydrogen) atoms. The molecule has 2 saturated heterocycles. The Hall–Kier alpha value is -1.10.